The first-order valence-electron chi connectivity index (χ1n) is 6.92. The molecule has 1 unspecified atom stereocenters. The van der Waals surface area contributed by atoms with Crippen LogP contribution in [0.2, 0.25) is 0 Å². The molecule has 1 atom stereocenters. The Morgan fingerprint density at radius 3 is 2.52 bits per heavy atom. The summed E-state index contributed by atoms with van der Waals surface area (Å²) in [5, 5.41) is 3.21. The Morgan fingerprint density at radius 2 is 1.76 bits per heavy atom. The lowest BCUT2D eigenvalue weighted by Gasteiger charge is -2.23. The zero-order valence-corrected chi connectivity index (χ0v) is 12.7. The van der Waals surface area contributed by atoms with Crippen molar-refractivity contribution in [1.29, 1.82) is 0 Å². The Balaban J connectivity index is 1.89. The molecule has 21 heavy (non-hydrogen) atoms. The van der Waals surface area contributed by atoms with E-state index in [1.807, 2.05) is 42.5 Å². The Bertz CT molecular complexity index is 774. The molecule has 2 aromatic carbocycles. The summed E-state index contributed by atoms with van der Waals surface area (Å²) in [6.45, 7) is 1.79. The molecule has 3 heteroatoms. The van der Waals surface area contributed by atoms with E-state index in [0.29, 0.717) is 6.42 Å². The predicted octanol–water partition coefficient (Wildman–Crippen LogP) is 3.89. The molecule has 1 heterocycles. The van der Waals surface area contributed by atoms with Crippen LogP contribution in [0, 0.1) is 0 Å². The van der Waals surface area contributed by atoms with E-state index in [1.165, 1.54) is 4.70 Å². The van der Waals surface area contributed by atoms with Gasteiger partial charge in [-0.15, -0.1) is 11.3 Å². The lowest BCUT2D eigenvalue weighted by Crippen LogP contribution is -2.42. The van der Waals surface area contributed by atoms with E-state index in [-0.39, 0.29) is 5.78 Å². The van der Waals surface area contributed by atoms with Crippen LogP contribution in [0.25, 0.3) is 10.1 Å². The van der Waals surface area contributed by atoms with Crippen LogP contribution in [-0.4, -0.2) is 5.78 Å². The van der Waals surface area contributed by atoms with Gasteiger partial charge in [0, 0.05) is 11.1 Å². The Morgan fingerprint density at radius 1 is 1.10 bits per heavy atom. The van der Waals surface area contributed by atoms with E-state index < -0.39 is 5.54 Å². The maximum Gasteiger partial charge on any atom is 0.161 e. The third-order valence-electron chi connectivity index (χ3n) is 3.86. The minimum absolute atomic E-state index is 0.0391. The van der Waals surface area contributed by atoms with Crippen LogP contribution < -0.4 is 5.73 Å². The molecular weight excluding hydrogens is 278 g/mol. The summed E-state index contributed by atoms with van der Waals surface area (Å²) >= 11 is 1.67. The van der Waals surface area contributed by atoms with Gasteiger partial charge in [0.05, 0.1) is 5.54 Å². The van der Waals surface area contributed by atoms with Crippen molar-refractivity contribution in [2.24, 2.45) is 5.73 Å². The van der Waals surface area contributed by atoms with E-state index in [2.05, 4.69) is 17.5 Å². The van der Waals surface area contributed by atoms with Gasteiger partial charge in [0.25, 0.3) is 0 Å². The van der Waals surface area contributed by atoms with Gasteiger partial charge in [-0.05, 0) is 34.9 Å². The molecule has 0 fully saturated rings. The Kier molecular flexibility index (Phi) is 3.62. The van der Waals surface area contributed by atoms with Crippen molar-refractivity contribution in [3.8, 4) is 0 Å². The number of rotatable bonds is 4. The summed E-state index contributed by atoms with van der Waals surface area (Å²) < 4.78 is 1.21. The van der Waals surface area contributed by atoms with Crippen LogP contribution in [0.4, 0.5) is 0 Å². The average Bonchev–Trinajstić information content (AvgIpc) is 2.91. The van der Waals surface area contributed by atoms with Crippen LogP contribution >= 0.6 is 11.3 Å². The number of Topliss-reactive ketones (excluding diaryl/α,β-unsaturated/α-hetero) is 1. The second-order valence-electron chi connectivity index (χ2n) is 5.43. The molecule has 3 aromatic rings. The molecule has 106 valence electrons. The van der Waals surface area contributed by atoms with Crippen LogP contribution in [0.3, 0.4) is 0 Å². The molecule has 0 spiro atoms. The van der Waals surface area contributed by atoms with Crippen LogP contribution in [0.15, 0.2) is 60.0 Å². The van der Waals surface area contributed by atoms with Gasteiger partial charge < -0.3 is 5.73 Å². The molecule has 3 rings (SSSR count). The smallest absolute Gasteiger partial charge is 0.161 e. The number of hydrogen-bond acceptors (Lipinski definition) is 3. The van der Waals surface area contributed by atoms with E-state index in [1.54, 1.807) is 18.3 Å². The third-order valence-corrected chi connectivity index (χ3v) is 4.88. The fourth-order valence-corrected chi connectivity index (χ4v) is 3.43. The van der Waals surface area contributed by atoms with Gasteiger partial charge in [-0.2, -0.15) is 0 Å². The molecule has 1 aromatic heterocycles. The molecule has 2 nitrogen and oxygen atoms in total. The molecular formula is C18H17NOS. The summed E-state index contributed by atoms with van der Waals surface area (Å²) in [6.07, 6.45) is 0.367. The zero-order chi connectivity index (χ0) is 14.9. The van der Waals surface area contributed by atoms with Crippen molar-refractivity contribution in [1.82, 2.24) is 0 Å². The van der Waals surface area contributed by atoms with Crippen LogP contribution in [0.1, 0.15) is 18.1 Å². The number of thiophene rings is 1. The summed E-state index contributed by atoms with van der Waals surface area (Å²) in [5.41, 5.74) is 7.26. The number of fused-ring (bicyclic) bond motifs is 1. The predicted molar refractivity (Wildman–Crippen MR) is 88.5 cm³/mol. The standard InChI is InChI=1S/C18H17NOS/c1-18(19,14-7-3-2-4-8-14)17(20)11-13-12-21-16-10-6-5-9-15(13)16/h2-10,12H,11,19H2,1H3. The van der Waals surface area contributed by atoms with Crippen molar-refractivity contribution >= 4 is 27.2 Å². The normalized spacial score (nSPS) is 14.0. The topological polar surface area (TPSA) is 43.1 Å². The monoisotopic (exact) mass is 295 g/mol. The summed E-state index contributed by atoms with van der Waals surface area (Å²) in [5.74, 6) is 0.0391. The molecule has 0 bridgehead atoms. The molecule has 0 aliphatic rings. The molecule has 0 aliphatic carbocycles. The average molecular weight is 295 g/mol. The Hall–Kier alpha value is -1.97. The van der Waals surface area contributed by atoms with Gasteiger partial charge in [-0.3, -0.25) is 4.79 Å². The van der Waals surface area contributed by atoms with Gasteiger partial charge in [-0.25, -0.2) is 0 Å². The van der Waals surface area contributed by atoms with Crippen LogP contribution in [-0.2, 0) is 16.8 Å². The minimum Gasteiger partial charge on any atom is -0.315 e. The first kappa shape index (κ1) is 14.0. The highest BCUT2D eigenvalue weighted by atomic mass is 32.1. The molecule has 0 aliphatic heterocycles. The maximum atomic E-state index is 12.7. The maximum absolute atomic E-state index is 12.7. The molecule has 0 saturated carbocycles. The summed E-state index contributed by atoms with van der Waals surface area (Å²) in [7, 11) is 0. The minimum atomic E-state index is -0.954. The number of hydrogen-bond donors (Lipinski definition) is 1. The number of carbonyl (C=O) groups is 1. The highest BCUT2D eigenvalue weighted by Crippen LogP contribution is 2.28. The van der Waals surface area contributed by atoms with Gasteiger partial charge >= 0.3 is 0 Å². The largest absolute Gasteiger partial charge is 0.315 e. The quantitative estimate of drug-likeness (QED) is 0.793. The zero-order valence-electron chi connectivity index (χ0n) is 11.9. The summed E-state index contributed by atoms with van der Waals surface area (Å²) in [6, 6.07) is 17.7. The van der Waals surface area contributed by atoms with E-state index in [9.17, 15) is 4.79 Å². The Labute approximate surface area is 128 Å². The van der Waals surface area contributed by atoms with Gasteiger partial charge in [-0.1, -0.05) is 48.5 Å². The SMILES string of the molecule is CC(N)(C(=O)Cc1csc2ccccc12)c1ccccc1. The fraction of sp³-hybridized carbons (Fsp3) is 0.167. The molecule has 0 saturated heterocycles. The second kappa shape index (κ2) is 5.43. The lowest BCUT2D eigenvalue weighted by atomic mass is 9.86. The molecule has 2 N–H and O–H groups in total. The highest BCUT2D eigenvalue weighted by molar-refractivity contribution is 7.17. The van der Waals surface area contributed by atoms with Gasteiger partial charge in [0.1, 0.15) is 0 Å². The third kappa shape index (κ3) is 2.62. The van der Waals surface area contributed by atoms with Crippen molar-refractivity contribution < 1.29 is 4.79 Å². The highest BCUT2D eigenvalue weighted by Gasteiger charge is 2.30. The lowest BCUT2D eigenvalue weighted by molar-refractivity contribution is -0.123. The van der Waals surface area contributed by atoms with E-state index in [4.69, 9.17) is 5.73 Å². The number of carbonyl (C=O) groups excluding carboxylic acids is 1. The number of benzene rings is 2. The second-order valence-corrected chi connectivity index (χ2v) is 6.34. The molecule has 0 radical (unpaired) electrons. The van der Waals surface area contributed by atoms with Crippen LogP contribution in [0.5, 0.6) is 0 Å². The number of ketones is 1. The fourth-order valence-electron chi connectivity index (χ4n) is 2.47. The first-order valence-corrected chi connectivity index (χ1v) is 7.80. The first-order chi connectivity index (χ1) is 10.1. The van der Waals surface area contributed by atoms with Crippen molar-refractivity contribution in [3.63, 3.8) is 0 Å². The van der Waals surface area contributed by atoms with Crippen molar-refractivity contribution in [3.05, 3.63) is 71.1 Å². The van der Waals surface area contributed by atoms with Gasteiger partial charge in [0.2, 0.25) is 0 Å². The molecule has 0 amide bonds. The van der Waals surface area contributed by atoms with E-state index in [0.717, 1.165) is 16.5 Å². The summed E-state index contributed by atoms with van der Waals surface area (Å²) in [4.78, 5) is 12.7. The van der Waals surface area contributed by atoms with Crippen molar-refractivity contribution in [2.45, 2.75) is 18.9 Å². The van der Waals surface area contributed by atoms with Crippen molar-refractivity contribution in [2.75, 3.05) is 0 Å². The van der Waals surface area contributed by atoms with Gasteiger partial charge in [0.15, 0.2) is 5.78 Å². The number of nitrogens with two attached hydrogens (primary N) is 1. The van der Waals surface area contributed by atoms with E-state index >= 15 is 0 Å².